The quantitative estimate of drug-likeness (QED) is 0.537. The molecule has 0 radical (unpaired) electrons. The molecule has 164 valence electrons. The first kappa shape index (κ1) is 21.9. The Morgan fingerprint density at radius 3 is 2.65 bits per heavy atom. The predicted molar refractivity (Wildman–Crippen MR) is 112 cm³/mol. The Balaban J connectivity index is 1.95. The average Bonchev–Trinajstić information content (AvgIpc) is 3.25. The van der Waals surface area contributed by atoms with Crippen LogP contribution in [-0.2, 0) is 17.9 Å². The largest absolute Gasteiger partial charge is 0.484 e. The van der Waals surface area contributed by atoms with Crippen LogP contribution in [0.5, 0.6) is 5.75 Å². The molecule has 9 nitrogen and oxygen atoms in total. The number of carbonyl (C=O) groups is 1. The predicted octanol–water partition coefficient (Wildman–Crippen LogP) is 2.26. The van der Waals surface area contributed by atoms with Crippen LogP contribution in [0.25, 0.3) is 0 Å². The molecule has 0 bridgehead atoms. The van der Waals surface area contributed by atoms with Gasteiger partial charge in [-0.3, -0.25) is 24.0 Å². The minimum Gasteiger partial charge on any atom is -0.484 e. The lowest BCUT2D eigenvalue weighted by Crippen LogP contribution is -2.42. The molecule has 0 unspecified atom stereocenters. The minimum atomic E-state index is -0.795. The lowest BCUT2D eigenvalue weighted by molar-refractivity contribution is -0.120. The number of anilines is 2. The summed E-state index contributed by atoms with van der Waals surface area (Å²) in [5.41, 5.74) is 4.55. The standard InChI is InChI=1S/C21H23FN4O5/c1-2-3-10-25-19(23)18(20(28)24-21(25)29)26(12-16-5-4-11-30-16)17(27)13-31-15-8-6-14(22)7-9-15/h4-9,11H,2-3,10,12-13,23H2,1H3,(H,24,28,29). The van der Waals surface area contributed by atoms with E-state index in [1.54, 1.807) is 12.1 Å². The first-order chi connectivity index (χ1) is 14.9. The number of hydrogen-bond donors (Lipinski definition) is 2. The van der Waals surface area contributed by atoms with Crippen LogP contribution in [-0.4, -0.2) is 22.1 Å². The van der Waals surface area contributed by atoms with E-state index in [4.69, 9.17) is 14.9 Å². The molecule has 3 aromatic rings. The van der Waals surface area contributed by atoms with E-state index in [2.05, 4.69) is 4.98 Å². The number of ether oxygens (including phenoxy) is 1. The van der Waals surface area contributed by atoms with Gasteiger partial charge in [0.15, 0.2) is 12.3 Å². The Labute approximate surface area is 176 Å². The fraction of sp³-hybridized carbons (Fsp3) is 0.286. The van der Waals surface area contributed by atoms with E-state index < -0.39 is 29.6 Å². The number of hydrogen-bond acceptors (Lipinski definition) is 6. The summed E-state index contributed by atoms with van der Waals surface area (Å²) in [5.74, 6) is -0.475. The van der Waals surface area contributed by atoms with Crippen LogP contribution in [0.1, 0.15) is 25.5 Å². The van der Waals surface area contributed by atoms with Crippen molar-refractivity contribution < 1.29 is 18.3 Å². The zero-order valence-electron chi connectivity index (χ0n) is 17.0. The number of furan rings is 1. The first-order valence-corrected chi connectivity index (χ1v) is 9.74. The zero-order chi connectivity index (χ0) is 22.4. The first-order valence-electron chi connectivity index (χ1n) is 9.74. The molecule has 0 saturated heterocycles. The maximum Gasteiger partial charge on any atom is 0.330 e. The van der Waals surface area contributed by atoms with Crippen LogP contribution in [0.2, 0.25) is 0 Å². The fourth-order valence-electron chi connectivity index (χ4n) is 2.98. The monoisotopic (exact) mass is 430 g/mol. The van der Waals surface area contributed by atoms with Crippen LogP contribution in [0, 0.1) is 5.82 Å². The summed E-state index contributed by atoms with van der Waals surface area (Å²) < 4.78 is 25.0. The highest BCUT2D eigenvalue weighted by Crippen LogP contribution is 2.21. The fourth-order valence-corrected chi connectivity index (χ4v) is 2.98. The number of aromatic amines is 1. The van der Waals surface area contributed by atoms with Gasteiger partial charge in [-0.1, -0.05) is 13.3 Å². The molecule has 1 aromatic carbocycles. The van der Waals surface area contributed by atoms with Crippen molar-refractivity contribution in [3.8, 4) is 5.75 Å². The third kappa shape index (κ3) is 5.21. The number of nitrogens with zero attached hydrogens (tertiary/aromatic N) is 2. The highest BCUT2D eigenvalue weighted by Gasteiger charge is 2.25. The molecule has 3 N–H and O–H groups in total. The SMILES string of the molecule is CCCCn1c(N)c(N(Cc2ccco2)C(=O)COc2ccc(F)cc2)c(=O)[nH]c1=O. The number of nitrogens with two attached hydrogens (primary N) is 1. The normalized spacial score (nSPS) is 10.8. The summed E-state index contributed by atoms with van der Waals surface area (Å²) >= 11 is 0. The Kier molecular flexibility index (Phi) is 6.91. The van der Waals surface area contributed by atoms with Crippen molar-refractivity contribution in [2.75, 3.05) is 17.2 Å². The number of aromatic nitrogens is 2. The van der Waals surface area contributed by atoms with Crippen LogP contribution in [0.4, 0.5) is 15.9 Å². The van der Waals surface area contributed by atoms with Crippen LogP contribution in [0.3, 0.4) is 0 Å². The zero-order valence-corrected chi connectivity index (χ0v) is 17.0. The van der Waals surface area contributed by atoms with E-state index in [0.717, 1.165) is 11.3 Å². The summed E-state index contributed by atoms with van der Waals surface area (Å²) in [6.07, 6.45) is 2.90. The molecule has 1 amide bonds. The van der Waals surface area contributed by atoms with Gasteiger partial charge in [-0.15, -0.1) is 0 Å². The Morgan fingerprint density at radius 2 is 2.00 bits per heavy atom. The molecule has 0 aliphatic heterocycles. The number of rotatable bonds is 9. The molecule has 0 atom stereocenters. The van der Waals surface area contributed by atoms with E-state index in [1.165, 1.54) is 35.1 Å². The lowest BCUT2D eigenvalue weighted by atomic mass is 10.3. The van der Waals surface area contributed by atoms with Crippen molar-refractivity contribution in [2.24, 2.45) is 0 Å². The summed E-state index contributed by atoms with van der Waals surface area (Å²) in [7, 11) is 0. The molecule has 31 heavy (non-hydrogen) atoms. The number of benzene rings is 1. The second-order valence-electron chi connectivity index (χ2n) is 6.80. The van der Waals surface area contributed by atoms with Crippen LogP contribution in [0.15, 0.2) is 56.7 Å². The van der Waals surface area contributed by atoms with Crippen molar-refractivity contribution in [3.05, 3.63) is 75.1 Å². The Bertz CT molecular complexity index is 1140. The van der Waals surface area contributed by atoms with Gasteiger partial charge in [0.05, 0.1) is 12.8 Å². The van der Waals surface area contributed by atoms with E-state index >= 15 is 0 Å². The lowest BCUT2D eigenvalue weighted by Gasteiger charge is -2.23. The molecule has 0 aliphatic carbocycles. The average molecular weight is 430 g/mol. The smallest absolute Gasteiger partial charge is 0.330 e. The number of unbranched alkanes of at least 4 members (excludes halogenated alkanes) is 1. The van der Waals surface area contributed by atoms with Crippen molar-refractivity contribution >= 4 is 17.4 Å². The molecule has 0 spiro atoms. The Morgan fingerprint density at radius 1 is 1.26 bits per heavy atom. The van der Waals surface area contributed by atoms with Crippen LogP contribution < -0.4 is 26.6 Å². The number of nitrogens with one attached hydrogen (secondary N) is 1. The van der Waals surface area contributed by atoms with Gasteiger partial charge in [-0.05, 0) is 42.8 Å². The van der Waals surface area contributed by atoms with Gasteiger partial charge >= 0.3 is 5.69 Å². The van der Waals surface area contributed by atoms with Gasteiger partial charge in [-0.2, -0.15) is 0 Å². The van der Waals surface area contributed by atoms with Crippen molar-refractivity contribution in [1.29, 1.82) is 0 Å². The second-order valence-corrected chi connectivity index (χ2v) is 6.80. The maximum atomic E-state index is 13.1. The van der Waals surface area contributed by atoms with E-state index in [-0.39, 0.29) is 23.8 Å². The van der Waals surface area contributed by atoms with E-state index in [0.29, 0.717) is 18.7 Å². The van der Waals surface area contributed by atoms with Crippen molar-refractivity contribution in [2.45, 2.75) is 32.9 Å². The molecule has 0 fully saturated rings. The molecule has 10 heteroatoms. The second kappa shape index (κ2) is 9.79. The van der Waals surface area contributed by atoms with Crippen LogP contribution >= 0.6 is 0 Å². The number of carbonyl (C=O) groups excluding carboxylic acids is 1. The Hall–Kier alpha value is -3.82. The van der Waals surface area contributed by atoms with Gasteiger partial charge in [0, 0.05) is 6.54 Å². The third-order valence-corrected chi connectivity index (χ3v) is 4.59. The van der Waals surface area contributed by atoms with E-state index in [1.807, 2.05) is 6.92 Å². The van der Waals surface area contributed by atoms with Gasteiger partial charge in [-0.25, -0.2) is 9.18 Å². The number of halogens is 1. The van der Waals surface area contributed by atoms with Gasteiger partial charge in [0.25, 0.3) is 11.5 Å². The molecule has 2 aromatic heterocycles. The van der Waals surface area contributed by atoms with Gasteiger partial charge in [0.1, 0.15) is 23.1 Å². The summed E-state index contributed by atoms with van der Waals surface area (Å²) in [6, 6.07) is 8.44. The highest BCUT2D eigenvalue weighted by atomic mass is 19.1. The molecule has 0 saturated carbocycles. The summed E-state index contributed by atoms with van der Waals surface area (Å²) in [5, 5.41) is 0. The van der Waals surface area contributed by atoms with Gasteiger partial charge < -0.3 is 14.9 Å². The minimum absolute atomic E-state index is 0.0993. The maximum absolute atomic E-state index is 13.1. The molecule has 3 rings (SSSR count). The summed E-state index contributed by atoms with van der Waals surface area (Å²) in [4.78, 5) is 41.2. The van der Waals surface area contributed by atoms with Crippen molar-refractivity contribution in [1.82, 2.24) is 9.55 Å². The number of nitrogen functional groups attached to an aromatic ring is 1. The van der Waals surface area contributed by atoms with Crippen molar-refractivity contribution in [3.63, 3.8) is 0 Å². The summed E-state index contributed by atoms with van der Waals surface area (Å²) in [6.45, 7) is 1.70. The third-order valence-electron chi connectivity index (χ3n) is 4.59. The number of amides is 1. The van der Waals surface area contributed by atoms with Gasteiger partial charge in [0.2, 0.25) is 0 Å². The van der Waals surface area contributed by atoms with E-state index in [9.17, 15) is 18.8 Å². The molecule has 2 heterocycles. The molecular formula is C21H23FN4O5. The highest BCUT2D eigenvalue weighted by molar-refractivity contribution is 5.96. The topological polar surface area (TPSA) is 124 Å². The molecule has 0 aliphatic rings. The molecular weight excluding hydrogens is 407 g/mol. The number of H-pyrrole nitrogens is 1.